The van der Waals surface area contributed by atoms with E-state index in [1.54, 1.807) is 4.90 Å². The smallest absolute Gasteiger partial charge is 0.307 e. The lowest BCUT2D eigenvalue weighted by Crippen LogP contribution is -2.47. The van der Waals surface area contributed by atoms with Gasteiger partial charge in [-0.05, 0) is 38.5 Å². The molecule has 1 saturated carbocycles. The highest BCUT2D eigenvalue weighted by molar-refractivity contribution is 5.82. The fourth-order valence-corrected chi connectivity index (χ4v) is 3.44. The van der Waals surface area contributed by atoms with Crippen molar-refractivity contribution >= 4 is 17.8 Å². The van der Waals surface area contributed by atoms with Crippen LogP contribution in [0.4, 0.5) is 0 Å². The highest BCUT2D eigenvalue weighted by Gasteiger charge is 2.38. The number of carbonyl (C=O) groups is 3. The predicted molar refractivity (Wildman–Crippen MR) is 74.5 cm³/mol. The Hall–Kier alpha value is -1.59. The summed E-state index contributed by atoms with van der Waals surface area (Å²) >= 11 is 0. The lowest BCUT2D eigenvalue weighted by Gasteiger charge is -2.36. The van der Waals surface area contributed by atoms with Gasteiger partial charge >= 0.3 is 11.9 Å². The van der Waals surface area contributed by atoms with Crippen LogP contribution in [0.3, 0.4) is 0 Å². The Labute approximate surface area is 124 Å². The van der Waals surface area contributed by atoms with E-state index in [-0.39, 0.29) is 30.3 Å². The molecular weight excluding hydrogens is 274 g/mol. The van der Waals surface area contributed by atoms with Crippen molar-refractivity contribution in [3.8, 4) is 0 Å². The number of methoxy groups -OCH3 is 1. The molecule has 6 heteroatoms. The number of aliphatic carboxylic acids is 1. The number of ether oxygens (including phenoxy) is 1. The number of carboxylic acids is 1. The summed E-state index contributed by atoms with van der Waals surface area (Å²) in [6, 6.07) is -0.0948. The van der Waals surface area contributed by atoms with E-state index in [1.807, 2.05) is 0 Å². The van der Waals surface area contributed by atoms with Crippen molar-refractivity contribution in [2.45, 2.75) is 51.0 Å². The zero-order chi connectivity index (χ0) is 15.4. The molecule has 1 unspecified atom stereocenters. The molecule has 1 heterocycles. The van der Waals surface area contributed by atoms with E-state index in [1.165, 1.54) is 7.11 Å². The first-order valence-corrected chi connectivity index (χ1v) is 7.63. The van der Waals surface area contributed by atoms with Crippen molar-refractivity contribution in [1.29, 1.82) is 0 Å². The molecular formula is C15H23NO5. The van der Waals surface area contributed by atoms with Crippen LogP contribution in [0.25, 0.3) is 0 Å². The number of hydrogen-bond donors (Lipinski definition) is 1. The Bertz CT molecular complexity index is 422. The lowest BCUT2D eigenvalue weighted by molar-refractivity contribution is -0.146. The van der Waals surface area contributed by atoms with Crippen molar-refractivity contribution in [2.24, 2.45) is 11.8 Å². The summed E-state index contributed by atoms with van der Waals surface area (Å²) in [4.78, 5) is 36.9. The third-order valence-corrected chi connectivity index (χ3v) is 4.67. The molecule has 0 bridgehead atoms. The van der Waals surface area contributed by atoms with Gasteiger partial charge in [0.25, 0.3) is 0 Å². The van der Waals surface area contributed by atoms with Crippen LogP contribution in [0.2, 0.25) is 0 Å². The first-order chi connectivity index (χ1) is 10.0. The molecule has 1 aliphatic heterocycles. The summed E-state index contributed by atoms with van der Waals surface area (Å²) in [6.07, 6.45) is 4.63. The van der Waals surface area contributed by atoms with Crippen molar-refractivity contribution in [3.05, 3.63) is 0 Å². The van der Waals surface area contributed by atoms with E-state index >= 15 is 0 Å². The molecule has 1 amide bonds. The second kappa shape index (κ2) is 6.91. The maximum absolute atomic E-state index is 12.6. The number of likely N-dealkylation sites (tertiary alicyclic amines) is 1. The van der Waals surface area contributed by atoms with Crippen LogP contribution in [-0.4, -0.2) is 47.5 Å². The summed E-state index contributed by atoms with van der Waals surface area (Å²) in [5.41, 5.74) is 0. The number of carbonyl (C=O) groups excluding carboxylic acids is 2. The molecule has 6 nitrogen and oxygen atoms in total. The summed E-state index contributed by atoms with van der Waals surface area (Å²) in [5, 5.41) is 9.04. The number of rotatable bonds is 4. The Morgan fingerprint density at radius 3 is 2.48 bits per heavy atom. The number of hydrogen-bond acceptors (Lipinski definition) is 4. The highest BCUT2D eigenvalue weighted by Crippen LogP contribution is 2.34. The van der Waals surface area contributed by atoms with E-state index < -0.39 is 11.9 Å². The molecule has 1 saturated heterocycles. The van der Waals surface area contributed by atoms with Crippen molar-refractivity contribution in [2.75, 3.05) is 13.7 Å². The van der Waals surface area contributed by atoms with Crippen LogP contribution in [0.15, 0.2) is 0 Å². The molecule has 2 aliphatic rings. The van der Waals surface area contributed by atoms with E-state index in [2.05, 4.69) is 0 Å². The minimum atomic E-state index is -0.810. The van der Waals surface area contributed by atoms with Gasteiger partial charge in [-0.15, -0.1) is 0 Å². The van der Waals surface area contributed by atoms with Gasteiger partial charge in [0.15, 0.2) is 0 Å². The molecule has 0 aromatic carbocycles. The van der Waals surface area contributed by atoms with Crippen molar-refractivity contribution < 1.29 is 24.2 Å². The second-order valence-electron chi connectivity index (χ2n) is 6.01. The van der Waals surface area contributed by atoms with Gasteiger partial charge in [-0.2, -0.15) is 0 Å². The minimum Gasteiger partial charge on any atom is -0.481 e. The molecule has 1 N–H and O–H groups in total. The third kappa shape index (κ3) is 3.74. The summed E-state index contributed by atoms with van der Waals surface area (Å²) in [6.45, 7) is 0.661. The maximum atomic E-state index is 12.6. The maximum Gasteiger partial charge on any atom is 0.307 e. The predicted octanol–water partition coefficient (Wildman–Crippen LogP) is 1.43. The Morgan fingerprint density at radius 2 is 1.86 bits per heavy atom. The van der Waals surface area contributed by atoms with Crippen LogP contribution in [0.5, 0.6) is 0 Å². The normalized spacial score (nSPS) is 29.2. The topological polar surface area (TPSA) is 83.9 Å². The van der Waals surface area contributed by atoms with Gasteiger partial charge in [0.05, 0.1) is 19.4 Å². The Kier molecular flexibility index (Phi) is 5.20. The number of piperidine rings is 1. The van der Waals surface area contributed by atoms with Gasteiger partial charge in [-0.1, -0.05) is 0 Å². The summed E-state index contributed by atoms with van der Waals surface area (Å²) in [7, 11) is 1.35. The molecule has 0 aromatic rings. The van der Waals surface area contributed by atoms with Gasteiger partial charge in [0.2, 0.25) is 5.91 Å². The van der Waals surface area contributed by atoms with E-state index in [0.29, 0.717) is 25.8 Å². The first kappa shape index (κ1) is 15.8. The zero-order valence-electron chi connectivity index (χ0n) is 12.4. The van der Waals surface area contributed by atoms with Gasteiger partial charge in [0.1, 0.15) is 0 Å². The fraction of sp³-hybridized carbons (Fsp3) is 0.800. The van der Waals surface area contributed by atoms with Gasteiger partial charge in [-0.25, -0.2) is 0 Å². The second-order valence-corrected chi connectivity index (χ2v) is 6.01. The van der Waals surface area contributed by atoms with Crippen LogP contribution >= 0.6 is 0 Å². The third-order valence-electron chi connectivity index (χ3n) is 4.67. The summed E-state index contributed by atoms with van der Waals surface area (Å²) in [5.74, 6) is -1.69. The van der Waals surface area contributed by atoms with Gasteiger partial charge in [0, 0.05) is 18.5 Å². The number of nitrogens with zero attached hydrogens (tertiary/aromatic N) is 1. The molecule has 1 aliphatic carbocycles. The Balaban J connectivity index is 1.98. The monoisotopic (exact) mass is 297 g/mol. The lowest BCUT2D eigenvalue weighted by atomic mass is 9.95. The molecule has 2 rings (SSSR count). The van der Waals surface area contributed by atoms with Crippen molar-refractivity contribution in [3.63, 3.8) is 0 Å². The number of carboxylic acid groups (broad SMARTS) is 1. The van der Waals surface area contributed by atoms with Crippen LogP contribution in [0.1, 0.15) is 44.9 Å². The quantitative estimate of drug-likeness (QED) is 0.794. The van der Waals surface area contributed by atoms with Gasteiger partial charge < -0.3 is 14.7 Å². The van der Waals surface area contributed by atoms with Crippen LogP contribution in [-0.2, 0) is 19.1 Å². The minimum absolute atomic E-state index is 0.0207. The zero-order valence-corrected chi connectivity index (χ0v) is 12.4. The standard InChI is InChI=1S/C15H23NO5/c1-21-13(17)9-12-4-2-3-7-16(12)14(18)10-5-6-11(8-10)15(19)20/h10-12H,2-9H2,1H3,(H,19,20)/t10-,11+,12?/m1/s1. The largest absolute Gasteiger partial charge is 0.481 e. The fourth-order valence-electron chi connectivity index (χ4n) is 3.44. The number of amides is 1. The van der Waals surface area contributed by atoms with Crippen LogP contribution in [0, 0.1) is 11.8 Å². The molecule has 0 aromatic heterocycles. The Morgan fingerprint density at radius 1 is 1.14 bits per heavy atom. The highest BCUT2D eigenvalue weighted by atomic mass is 16.5. The molecule has 118 valence electrons. The number of esters is 1. The molecule has 2 fully saturated rings. The van der Waals surface area contributed by atoms with E-state index in [4.69, 9.17) is 9.84 Å². The summed E-state index contributed by atoms with van der Waals surface area (Å²) < 4.78 is 4.70. The SMILES string of the molecule is COC(=O)CC1CCCCN1C(=O)[C@@H]1CC[C@H](C(=O)O)C1. The molecule has 0 spiro atoms. The molecule has 0 radical (unpaired) electrons. The molecule has 21 heavy (non-hydrogen) atoms. The van der Waals surface area contributed by atoms with Crippen LogP contribution < -0.4 is 0 Å². The average molecular weight is 297 g/mol. The molecule has 3 atom stereocenters. The van der Waals surface area contributed by atoms with Gasteiger partial charge in [-0.3, -0.25) is 14.4 Å². The first-order valence-electron chi connectivity index (χ1n) is 7.63. The average Bonchev–Trinajstić information content (AvgIpc) is 2.97. The van der Waals surface area contributed by atoms with E-state index in [9.17, 15) is 14.4 Å². The van der Waals surface area contributed by atoms with E-state index in [0.717, 1.165) is 19.3 Å². The van der Waals surface area contributed by atoms with Crippen molar-refractivity contribution in [1.82, 2.24) is 4.90 Å².